The van der Waals surface area contributed by atoms with Crippen molar-refractivity contribution >= 4 is 17.7 Å². The van der Waals surface area contributed by atoms with Crippen LogP contribution in [0.5, 0.6) is 0 Å². The van der Waals surface area contributed by atoms with E-state index in [4.69, 9.17) is 4.74 Å². The van der Waals surface area contributed by atoms with Crippen LogP contribution in [0.2, 0.25) is 0 Å². The Kier molecular flexibility index (Phi) is 7.19. The first-order valence-electron chi connectivity index (χ1n) is 8.84. The topological polar surface area (TPSA) is 36.0 Å². The SMILES string of the molecule is C[C@H](C(=O)N1CCOCC1)N1CCN(CCSC(C)(C)C)CC1. The van der Waals surface area contributed by atoms with E-state index >= 15 is 0 Å². The molecule has 23 heavy (non-hydrogen) atoms. The molecule has 134 valence electrons. The summed E-state index contributed by atoms with van der Waals surface area (Å²) >= 11 is 2.03. The van der Waals surface area contributed by atoms with E-state index in [1.807, 2.05) is 16.7 Å². The minimum atomic E-state index is -0.000741. The van der Waals surface area contributed by atoms with E-state index in [0.717, 1.165) is 45.8 Å². The summed E-state index contributed by atoms with van der Waals surface area (Å²) in [5.41, 5.74) is 0. The van der Waals surface area contributed by atoms with Crippen molar-refractivity contribution in [1.29, 1.82) is 0 Å². The van der Waals surface area contributed by atoms with Crippen LogP contribution in [0.1, 0.15) is 27.7 Å². The van der Waals surface area contributed by atoms with Crippen LogP contribution in [0.15, 0.2) is 0 Å². The van der Waals surface area contributed by atoms with E-state index in [-0.39, 0.29) is 11.9 Å². The number of thioether (sulfide) groups is 1. The van der Waals surface area contributed by atoms with Crippen LogP contribution < -0.4 is 0 Å². The number of piperazine rings is 1. The second-order valence-corrected chi connectivity index (χ2v) is 9.37. The molecule has 2 saturated heterocycles. The molecule has 0 aromatic carbocycles. The van der Waals surface area contributed by atoms with Crippen molar-refractivity contribution in [2.75, 3.05) is 64.8 Å². The highest BCUT2D eigenvalue weighted by Gasteiger charge is 2.29. The monoisotopic (exact) mass is 343 g/mol. The van der Waals surface area contributed by atoms with Crippen LogP contribution in [0, 0.1) is 0 Å². The standard InChI is InChI=1S/C17H33N3O2S/c1-15(16(21)20-9-12-22-13-10-20)19-7-5-18(6-8-19)11-14-23-17(2,3)4/h15H,5-14H2,1-4H3/t15-/m1/s1. The molecule has 2 aliphatic heterocycles. The Labute approximate surface area is 145 Å². The van der Waals surface area contributed by atoms with Gasteiger partial charge in [-0.25, -0.2) is 0 Å². The molecule has 0 aromatic heterocycles. The van der Waals surface area contributed by atoms with Gasteiger partial charge in [0.25, 0.3) is 0 Å². The molecule has 1 atom stereocenters. The predicted molar refractivity (Wildman–Crippen MR) is 97.1 cm³/mol. The lowest BCUT2D eigenvalue weighted by Gasteiger charge is -2.39. The van der Waals surface area contributed by atoms with Crippen molar-refractivity contribution in [1.82, 2.24) is 14.7 Å². The van der Waals surface area contributed by atoms with Crippen molar-refractivity contribution in [3.63, 3.8) is 0 Å². The van der Waals surface area contributed by atoms with Crippen LogP contribution in [0.3, 0.4) is 0 Å². The van der Waals surface area contributed by atoms with Gasteiger partial charge in [-0.1, -0.05) is 20.8 Å². The smallest absolute Gasteiger partial charge is 0.239 e. The van der Waals surface area contributed by atoms with E-state index in [9.17, 15) is 4.79 Å². The molecular weight excluding hydrogens is 310 g/mol. The first-order chi connectivity index (χ1) is 10.9. The molecule has 6 heteroatoms. The summed E-state index contributed by atoms with van der Waals surface area (Å²) < 4.78 is 5.68. The van der Waals surface area contributed by atoms with Crippen LogP contribution in [0.25, 0.3) is 0 Å². The molecule has 2 rings (SSSR count). The minimum absolute atomic E-state index is 0.000741. The predicted octanol–water partition coefficient (Wildman–Crippen LogP) is 1.38. The summed E-state index contributed by atoms with van der Waals surface area (Å²) in [7, 11) is 0. The minimum Gasteiger partial charge on any atom is -0.378 e. The van der Waals surface area contributed by atoms with Crippen molar-refractivity contribution < 1.29 is 9.53 Å². The van der Waals surface area contributed by atoms with E-state index < -0.39 is 0 Å². The summed E-state index contributed by atoms with van der Waals surface area (Å²) in [5, 5.41) is 0. The van der Waals surface area contributed by atoms with Crippen LogP contribution in [-0.4, -0.2) is 96.2 Å². The Morgan fingerprint density at radius 3 is 2.26 bits per heavy atom. The third-order valence-corrected chi connectivity index (χ3v) is 5.83. The lowest BCUT2D eigenvalue weighted by Crippen LogP contribution is -2.56. The number of nitrogens with zero attached hydrogens (tertiary/aromatic N) is 3. The fourth-order valence-electron chi connectivity index (χ4n) is 3.06. The number of carbonyl (C=O) groups is 1. The number of morpholine rings is 1. The van der Waals surface area contributed by atoms with Gasteiger partial charge in [0.2, 0.25) is 5.91 Å². The van der Waals surface area contributed by atoms with Gasteiger partial charge in [-0.15, -0.1) is 0 Å². The molecule has 0 aromatic rings. The molecule has 0 bridgehead atoms. The fraction of sp³-hybridized carbons (Fsp3) is 0.941. The molecule has 1 amide bonds. The Balaban J connectivity index is 1.69. The highest BCUT2D eigenvalue weighted by Crippen LogP contribution is 2.23. The van der Waals surface area contributed by atoms with E-state index in [1.165, 1.54) is 5.75 Å². The molecule has 0 unspecified atom stereocenters. The Morgan fingerprint density at radius 1 is 1.09 bits per heavy atom. The molecule has 0 aliphatic carbocycles. The second kappa shape index (κ2) is 8.70. The number of carbonyl (C=O) groups excluding carboxylic acids is 1. The van der Waals surface area contributed by atoms with Crippen LogP contribution >= 0.6 is 11.8 Å². The van der Waals surface area contributed by atoms with Gasteiger partial charge in [-0.3, -0.25) is 14.6 Å². The number of rotatable bonds is 5. The second-order valence-electron chi connectivity index (χ2n) is 7.45. The fourth-order valence-corrected chi connectivity index (χ4v) is 4.02. The number of hydrogen-bond donors (Lipinski definition) is 0. The molecular formula is C17H33N3O2S. The van der Waals surface area contributed by atoms with Gasteiger partial charge in [-0.05, 0) is 6.92 Å². The average Bonchev–Trinajstić information content (AvgIpc) is 2.54. The van der Waals surface area contributed by atoms with E-state index in [0.29, 0.717) is 18.0 Å². The van der Waals surface area contributed by atoms with Crippen molar-refractivity contribution in [2.45, 2.75) is 38.5 Å². The summed E-state index contributed by atoms with van der Waals surface area (Å²) in [5.74, 6) is 1.45. The van der Waals surface area contributed by atoms with Gasteiger partial charge in [0.1, 0.15) is 0 Å². The summed E-state index contributed by atoms with van der Waals surface area (Å²) in [6, 6.07) is -0.000741. The van der Waals surface area contributed by atoms with Crippen molar-refractivity contribution in [3.8, 4) is 0 Å². The van der Waals surface area contributed by atoms with Gasteiger partial charge < -0.3 is 9.64 Å². The average molecular weight is 344 g/mol. The summed E-state index contributed by atoms with van der Waals surface area (Å²) in [6.45, 7) is 17.0. The molecule has 2 aliphatic rings. The lowest BCUT2D eigenvalue weighted by atomic mass is 10.2. The summed E-state index contributed by atoms with van der Waals surface area (Å²) in [6.07, 6.45) is 0. The molecule has 0 saturated carbocycles. The first kappa shape index (κ1) is 19.0. The van der Waals surface area contributed by atoms with Crippen LogP contribution in [-0.2, 0) is 9.53 Å². The molecule has 2 fully saturated rings. The van der Waals surface area contributed by atoms with Crippen molar-refractivity contribution in [2.24, 2.45) is 0 Å². The zero-order valence-corrected chi connectivity index (χ0v) is 16.0. The van der Waals surface area contributed by atoms with Crippen molar-refractivity contribution in [3.05, 3.63) is 0 Å². The molecule has 5 nitrogen and oxygen atoms in total. The molecule has 0 radical (unpaired) electrons. The van der Waals surface area contributed by atoms with Gasteiger partial charge in [0.05, 0.1) is 19.3 Å². The molecule has 0 N–H and O–H groups in total. The maximum Gasteiger partial charge on any atom is 0.239 e. The molecule has 0 spiro atoms. The number of ether oxygens (including phenoxy) is 1. The third kappa shape index (κ3) is 6.25. The first-order valence-corrected chi connectivity index (χ1v) is 9.82. The van der Waals surface area contributed by atoms with Gasteiger partial charge in [0, 0.05) is 56.3 Å². The highest BCUT2D eigenvalue weighted by atomic mass is 32.2. The van der Waals surface area contributed by atoms with E-state index in [2.05, 4.69) is 37.5 Å². The third-order valence-electron chi connectivity index (χ3n) is 4.58. The highest BCUT2D eigenvalue weighted by molar-refractivity contribution is 8.00. The Hall–Kier alpha value is -0.300. The van der Waals surface area contributed by atoms with Crippen LogP contribution in [0.4, 0.5) is 0 Å². The normalized spacial score (nSPS) is 23.0. The van der Waals surface area contributed by atoms with Gasteiger partial charge in [0.15, 0.2) is 0 Å². The number of amides is 1. The molecule has 2 heterocycles. The van der Waals surface area contributed by atoms with Gasteiger partial charge >= 0.3 is 0 Å². The summed E-state index contributed by atoms with van der Waals surface area (Å²) in [4.78, 5) is 19.4. The quantitative estimate of drug-likeness (QED) is 0.754. The lowest BCUT2D eigenvalue weighted by molar-refractivity contribution is -0.141. The zero-order valence-electron chi connectivity index (χ0n) is 15.2. The van der Waals surface area contributed by atoms with Gasteiger partial charge in [-0.2, -0.15) is 11.8 Å². The van der Waals surface area contributed by atoms with E-state index in [1.54, 1.807) is 0 Å². The Morgan fingerprint density at radius 2 is 1.70 bits per heavy atom. The largest absolute Gasteiger partial charge is 0.378 e. The Bertz CT molecular complexity index is 373. The maximum absolute atomic E-state index is 12.6. The maximum atomic E-state index is 12.6. The zero-order chi connectivity index (χ0) is 16.9. The number of hydrogen-bond acceptors (Lipinski definition) is 5.